The van der Waals surface area contributed by atoms with Gasteiger partial charge >= 0.3 is 0 Å². The molecule has 0 aliphatic rings. The van der Waals surface area contributed by atoms with E-state index in [2.05, 4.69) is 10.6 Å². The maximum Gasteiger partial charge on any atom is 0.266 e. The third-order valence-corrected chi connectivity index (χ3v) is 5.06. The van der Waals surface area contributed by atoms with E-state index in [0.29, 0.717) is 26.3 Å². The summed E-state index contributed by atoms with van der Waals surface area (Å²) in [7, 11) is 0. The van der Waals surface area contributed by atoms with Crippen LogP contribution in [0, 0.1) is 12.3 Å². The summed E-state index contributed by atoms with van der Waals surface area (Å²) in [5, 5.41) is 6.80. The van der Waals surface area contributed by atoms with Gasteiger partial charge in [0.05, 0.1) is 26.7 Å². The molecule has 0 spiro atoms. The van der Waals surface area contributed by atoms with Crippen LogP contribution >= 0.6 is 22.9 Å². The van der Waals surface area contributed by atoms with E-state index < -0.39 is 5.41 Å². The van der Waals surface area contributed by atoms with E-state index in [1.807, 2.05) is 41.5 Å². The lowest BCUT2D eigenvalue weighted by atomic mass is 9.96. The fourth-order valence-corrected chi connectivity index (χ4v) is 3.39. The number of rotatable bonds is 5. The Balaban J connectivity index is 2.23. The van der Waals surface area contributed by atoms with Crippen LogP contribution in [0.4, 0.5) is 10.7 Å². The summed E-state index contributed by atoms with van der Waals surface area (Å²) >= 11 is 7.45. The summed E-state index contributed by atoms with van der Waals surface area (Å²) in [4.78, 5) is 25.5. The van der Waals surface area contributed by atoms with Crippen LogP contribution < -0.4 is 15.4 Å². The molecule has 0 fully saturated rings. The van der Waals surface area contributed by atoms with E-state index in [1.165, 1.54) is 11.3 Å². The van der Waals surface area contributed by atoms with Crippen molar-refractivity contribution in [3.8, 4) is 5.75 Å². The summed E-state index contributed by atoms with van der Waals surface area (Å²) in [6.07, 6.45) is -0.0803. The molecule has 0 aliphatic carbocycles. The standard InChI is InChI=1S/C20H25ClN2O3S/c1-11(2)26-16-13(21)8-7-9-14(16)22-18(24)17-12(3)10-15(27-17)23-19(25)20(4,5)6/h7-11H,1-6H3,(H,22,24)(H,23,25). The summed E-state index contributed by atoms with van der Waals surface area (Å²) in [5.74, 6) is 0.0702. The Morgan fingerprint density at radius 3 is 2.44 bits per heavy atom. The lowest BCUT2D eigenvalue weighted by Gasteiger charge is -2.16. The van der Waals surface area contributed by atoms with Crippen molar-refractivity contribution in [2.75, 3.05) is 10.6 Å². The number of aryl methyl sites for hydroxylation is 1. The van der Waals surface area contributed by atoms with Crippen molar-refractivity contribution in [1.82, 2.24) is 0 Å². The number of nitrogens with one attached hydrogen (secondary N) is 2. The van der Waals surface area contributed by atoms with Crippen LogP contribution in [0.25, 0.3) is 0 Å². The van der Waals surface area contributed by atoms with Gasteiger partial charge in [-0.25, -0.2) is 0 Å². The zero-order chi connectivity index (χ0) is 20.4. The molecule has 1 heterocycles. The van der Waals surface area contributed by atoms with Gasteiger partial charge < -0.3 is 15.4 Å². The normalized spacial score (nSPS) is 11.4. The molecule has 2 amide bonds. The highest BCUT2D eigenvalue weighted by Gasteiger charge is 2.23. The number of anilines is 2. The second-order valence-corrected chi connectivity index (χ2v) is 9.02. The first kappa shape index (κ1) is 21.3. The number of carbonyl (C=O) groups excluding carboxylic acids is 2. The molecule has 7 heteroatoms. The first-order chi connectivity index (χ1) is 12.5. The molecule has 0 aliphatic heterocycles. The number of amides is 2. The van der Waals surface area contributed by atoms with Gasteiger partial charge in [0.25, 0.3) is 5.91 Å². The summed E-state index contributed by atoms with van der Waals surface area (Å²) in [6.45, 7) is 11.1. The predicted molar refractivity (Wildman–Crippen MR) is 112 cm³/mol. The quantitative estimate of drug-likeness (QED) is 0.663. The highest BCUT2D eigenvalue weighted by atomic mass is 35.5. The molecule has 0 bridgehead atoms. The van der Waals surface area contributed by atoms with Crippen LogP contribution in [0.2, 0.25) is 5.02 Å². The zero-order valence-corrected chi connectivity index (χ0v) is 18.0. The number of ether oxygens (including phenoxy) is 1. The first-order valence-corrected chi connectivity index (χ1v) is 9.87. The van der Waals surface area contributed by atoms with Crippen molar-refractivity contribution in [1.29, 1.82) is 0 Å². The SMILES string of the molecule is Cc1cc(NC(=O)C(C)(C)C)sc1C(=O)Nc1cccc(Cl)c1OC(C)C. The minimum Gasteiger partial charge on any atom is -0.487 e. The van der Waals surface area contributed by atoms with Gasteiger partial charge in [0.2, 0.25) is 5.91 Å². The number of benzene rings is 1. The monoisotopic (exact) mass is 408 g/mol. The lowest BCUT2D eigenvalue weighted by molar-refractivity contribution is -0.123. The Labute approximate surface area is 169 Å². The van der Waals surface area contributed by atoms with Gasteiger partial charge in [0, 0.05) is 5.41 Å². The van der Waals surface area contributed by atoms with Crippen molar-refractivity contribution < 1.29 is 14.3 Å². The number of hydrogen-bond donors (Lipinski definition) is 2. The van der Waals surface area contributed by atoms with Crippen LogP contribution in [0.3, 0.4) is 0 Å². The van der Waals surface area contributed by atoms with Gasteiger partial charge in [-0.15, -0.1) is 11.3 Å². The Hall–Kier alpha value is -2.05. The molecule has 1 aromatic heterocycles. The molecule has 2 rings (SSSR count). The van der Waals surface area contributed by atoms with E-state index in [-0.39, 0.29) is 17.9 Å². The van der Waals surface area contributed by atoms with E-state index in [1.54, 1.807) is 24.3 Å². The van der Waals surface area contributed by atoms with Crippen LogP contribution in [-0.4, -0.2) is 17.9 Å². The third kappa shape index (κ3) is 5.47. The number of hydrogen-bond acceptors (Lipinski definition) is 4. The Kier molecular flexibility index (Phi) is 6.54. The van der Waals surface area contributed by atoms with Crippen LogP contribution in [0.15, 0.2) is 24.3 Å². The average Bonchev–Trinajstić information content (AvgIpc) is 2.90. The Morgan fingerprint density at radius 1 is 1.19 bits per heavy atom. The third-order valence-electron chi connectivity index (χ3n) is 3.61. The molecule has 2 N–H and O–H groups in total. The minimum absolute atomic E-state index is 0.0803. The van der Waals surface area contributed by atoms with Gasteiger partial charge in [0.1, 0.15) is 0 Å². The van der Waals surface area contributed by atoms with Crippen LogP contribution in [0.5, 0.6) is 5.75 Å². The molecule has 27 heavy (non-hydrogen) atoms. The highest BCUT2D eigenvalue weighted by molar-refractivity contribution is 7.18. The highest BCUT2D eigenvalue weighted by Crippen LogP contribution is 2.35. The lowest BCUT2D eigenvalue weighted by Crippen LogP contribution is -2.27. The maximum atomic E-state index is 12.8. The summed E-state index contributed by atoms with van der Waals surface area (Å²) in [5.41, 5.74) is 0.786. The van der Waals surface area contributed by atoms with E-state index in [9.17, 15) is 9.59 Å². The number of halogens is 1. The Bertz CT molecular complexity index is 853. The molecule has 0 unspecified atom stereocenters. The van der Waals surface area contributed by atoms with Crippen molar-refractivity contribution >= 4 is 45.4 Å². The minimum atomic E-state index is -0.510. The van der Waals surface area contributed by atoms with Gasteiger partial charge in [-0.3, -0.25) is 9.59 Å². The van der Waals surface area contributed by atoms with Crippen molar-refractivity contribution in [3.63, 3.8) is 0 Å². The Morgan fingerprint density at radius 2 is 1.85 bits per heavy atom. The van der Waals surface area contributed by atoms with E-state index >= 15 is 0 Å². The second kappa shape index (κ2) is 8.31. The average molecular weight is 409 g/mol. The van der Waals surface area contributed by atoms with Gasteiger partial charge in [-0.1, -0.05) is 38.4 Å². The molecule has 5 nitrogen and oxygen atoms in total. The predicted octanol–water partition coefficient (Wildman–Crippen LogP) is 5.73. The van der Waals surface area contributed by atoms with Gasteiger partial charge in [0.15, 0.2) is 5.75 Å². The topological polar surface area (TPSA) is 67.4 Å². The molecule has 0 atom stereocenters. The largest absolute Gasteiger partial charge is 0.487 e. The fraction of sp³-hybridized carbons (Fsp3) is 0.400. The molecular weight excluding hydrogens is 384 g/mol. The van der Waals surface area contributed by atoms with Gasteiger partial charge in [-0.2, -0.15) is 0 Å². The van der Waals surface area contributed by atoms with Crippen molar-refractivity contribution in [2.45, 2.75) is 47.6 Å². The summed E-state index contributed by atoms with van der Waals surface area (Å²) < 4.78 is 5.74. The molecular formula is C20H25ClN2O3S. The molecule has 0 saturated carbocycles. The molecule has 146 valence electrons. The van der Waals surface area contributed by atoms with Crippen molar-refractivity contribution in [2.24, 2.45) is 5.41 Å². The van der Waals surface area contributed by atoms with E-state index in [4.69, 9.17) is 16.3 Å². The number of thiophene rings is 1. The van der Waals surface area contributed by atoms with Crippen LogP contribution in [-0.2, 0) is 4.79 Å². The van der Waals surface area contributed by atoms with Crippen molar-refractivity contribution in [3.05, 3.63) is 39.7 Å². The summed E-state index contributed by atoms with van der Waals surface area (Å²) in [6, 6.07) is 7.01. The van der Waals surface area contributed by atoms with E-state index in [0.717, 1.165) is 5.56 Å². The maximum absolute atomic E-state index is 12.8. The smallest absolute Gasteiger partial charge is 0.266 e. The number of para-hydroxylation sites is 1. The first-order valence-electron chi connectivity index (χ1n) is 8.67. The number of carbonyl (C=O) groups is 2. The molecule has 0 radical (unpaired) electrons. The zero-order valence-electron chi connectivity index (χ0n) is 16.4. The molecule has 0 saturated heterocycles. The second-order valence-electron chi connectivity index (χ2n) is 7.56. The molecule has 2 aromatic rings. The van der Waals surface area contributed by atoms with Crippen LogP contribution in [0.1, 0.15) is 49.9 Å². The molecule has 1 aromatic carbocycles. The van der Waals surface area contributed by atoms with Gasteiger partial charge in [-0.05, 0) is 44.5 Å². The fourth-order valence-electron chi connectivity index (χ4n) is 2.21.